The van der Waals surface area contributed by atoms with Crippen molar-refractivity contribution in [2.45, 2.75) is 19.7 Å². The maximum absolute atomic E-state index is 12.6. The van der Waals surface area contributed by atoms with Crippen molar-refractivity contribution in [3.8, 4) is 11.4 Å². The molecule has 1 amide bonds. The molecule has 6 nitrogen and oxygen atoms in total. The Bertz CT molecular complexity index is 1140. The summed E-state index contributed by atoms with van der Waals surface area (Å²) in [5, 5.41) is 7.89. The van der Waals surface area contributed by atoms with Crippen molar-refractivity contribution < 1.29 is 9.53 Å². The van der Waals surface area contributed by atoms with E-state index in [2.05, 4.69) is 16.5 Å². The number of hydrogen-bond donors (Lipinski definition) is 1. The highest BCUT2D eigenvalue weighted by Gasteiger charge is 2.14. The van der Waals surface area contributed by atoms with Gasteiger partial charge in [-0.15, -0.1) is 0 Å². The molecule has 0 saturated carbocycles. The first-order valence-electron chi connectivity index (χ1n) is 9.54. The molecule has 1 N–H and O–H groups in total. The van der Waals surface area contributed by atoms with Gasteiger partial charge in [0.1, 0.15) is 11.4 Å². The van der Waals surface area contributed by atoms with Gasteiger partial charge in [0.25, 0.3) is 5.91 Å². The van der Waals surface area contributed by atoms with Gasteiger partial charge in [-0.25, -0.2) is 4.68 Å². The minimum absolute atomic E-state index is 0.166. The second-order valence-electron chi connectivity index (χ2n) is 6.85. The lowest BCUT2D eigenvalue weighted by atomic mass is 10.1. The number of hydrogen-bond acceptors (Lipinski definition) is 3. The molecule has 0 fully saturated rings. The predicted molar refractivity (Wildman–Crippen MR) is 116 cm³/mol. The molecule has 0 saturated heterocycles. The van der Waals surface area contributed by atoms with Crippen LogP contribution in [0.15, 0.2) is 85.3 Å². The lowest BCUT2D eigenvalue weighted by molar-refractivity contribution is 0.0932. The van der Waals surface area contributed by atoms with Gasteiger partial charge in [-0.2, -0.15) is 5.10 Å². The first kappa shape index (κ1) is 19.8. The molecule has 2 aromatic heterocycles. The lowest BCUT2D eigenvalue weighted by Crippen LogP contribution is -2.27. The van der Waals surface area contributed by atoms with Gasteiger partial charge in [-0.3, -0.25) is 4.79 Å². The monoisotopic (exact) mass is 420 g/mol. The van der Waals surface area contributed by atoms with E-state index in [9.17, 15) is 4.79 Å². The fourth-order valence-electron chi connectivity index (χ4n) is 3.07. The average Bonchev–Trinajstić information content (AvgIpc) is 3.45. The van der Waals surface area contributed by atoms with Crippen LogP contribution in [0, 0.1) is 0 Å². The summed E-state index contributed by atoms with van der Waals surface area (Å²) in [6.45, 7) is 2.13. The summed E-state index contributed by atoms with van der Waals surface area (Å²) in [6.07, 6.45) is 5.68. The zero-order valence-corrected chi connectivity index (χ0v) is 17.2. The number of carbonyl (C=O) groups is 1. The summed E-state index contributed by atoms with van der Waals surface area (Å²) in [7, 11) is 0. The topological polar surface area (TPSA) is 61.1 Å². The van der Waals surface area contributed by atoms with Gasteiger partial charge in [-0.1, -0.05) is 29.8 Å². The molecule has 1 atom stereocenters. The van der Waals surface area contributed by atoms with Gasteiger partial charge >= 0.3 is 0 Å². The normalized spacial score (nSPS) is 11.8. The number of halogens is 1. The van der Waals surface area contributed by atoms with Crippen LogP contribution in [-0.2, 0) is 6.73 Å². The maximum Gasteiger partial charge on any atom is 0.272 e. The zero-order valence-electron chi connectivity index (χ0n) is 16.4. The van der Waals surface area contributed by atoms with E-state index < -0.39 is 0 Å². The van der Waals surface area contributed by atoms with Crippen molar-refractivity contribution >= 4 is 17.5 Å². The zero-order chi connectivity index (χ0) is 20.9. The number of rotatable bonds is 7. The Balaban J connectivity index is 1.38. The highest BCUT2D eigenvalue weighted by atomic mass is 35.5. The Morgan fingerprint density at radius 2 is 1.87 bits per heavy atom. The number of benzene rings is 2. The Morgan fingerprint density at radius 1 is 1.07 bits per heavy atom. The van der Waals surface area contributed by atoms with Gasteiger partial charge in [0.2, 0.25) is 0 Å². The highest BCUT2D eigenvalue weighted by molar-refractivity contribution is 6.30. The van der Waals surface area contributed by atoms with Crippen molar-refractivity contribution in [3.63, 3.8) is 0 Å². The Morgan fingerprint density at radius 3 is 2.67 bits per heavy atom. The molecule has 0 aliphatic carbocycles. The van der Waals surface area contributed by atoms with Crippen molar-refractivity contribution in [1.82, 2.24) is 19.7 Å². The van der Waals surface area contributed by atoms with E-state index in [1.807, 2.05) is 66.3 Å². The van der Waals surface area contributed by atoms with Gasteiger partial charge in [0.05, 0.1) is 6.04 Å². The van der Waals surface area contributed by atoms with Gasteiger partial charge < -0.3 is 14.6 Å². The predicted octanol–water partition coefficient (Wildman–Crippen LogP) is 4.85. The smallest absolute Gasteiger partial charge is 0.272 e. The molecular weight excluding hydrogens is 400 g/mol. The van der Waals surface area contributed by atoms with E-state index in [0.717, 1.165) is 11.3 Å². The third-order valence-electron chi connectivity index (χ3n) is 4.65. The van der Waals surface area contributed by atoms with Crippen LogP contribution in [0.25, 0.3) is 5.69 Å². The second kappa shape index (κ2) is 8.88. The van der Waals surface area contributed by atoms with Crippen LogP contribution >= 0.6 is 11.6 Å². The molecule has 30 heavy (non-hydrogen) atoms. The fourth-order valence-corrected chi connectivity index (χ4v) is 3.25. The third-order valence-corrected chi connectivity index (χ3v) is 4.89. The van der Waals surface area contributed by atoms with E-state index in [1.54, 1.807) is 29.1 Å². The molecule has 0 radical (unpaired) electrons. The fraction of sp³-hybridized carbons (Fsp3) is 0.130. The number of ether oxygens (including phenoxy) is 1. The molecule has 0 aliphatic rings. The molecule has 0 aliphatic heterocycles. The second-order valence-corrected chi connectivity index (χ2v) is 7.29. The summed E-state index contributed by atoms with van der Waals surface area (Å²) in [5.74, 6) is 0.399. The molecule has 152 valence electrons. The van der Waals surface area contributed by atoms with Crippen LogP contribution in [-0.4, -0.2) is 20.3 Å². The maximum atomic E-state index is 12.6. The number of amides is 1. The summed E-state index contributed by atoms with van der Waals surface area (Å²) in [4.78, 5) is 12.6. The van der Waals surface area contributed by atoms with Crippen molar-refractivity contribution in [2.75, 3.05) is 0 Å². The van der Waals surface area contributed by atoms with Crippen LogP contribution in [0.4, 0.5) is 0 Å². The molecule has 1 unspecified atom stereocenters. The average molecular weight is 421 g/mol. The molecule has 2 aromatic carbocycles. The van der Waals surface area contributed by atoms with Gasteiger partial charge in [0.15, 0.2) is 6.73 Å². The molecule has 7 heteroatoms. The van der Waals surface area contributed by atoms with E-state index in [0.29, 0.717) is 16.5 Å². The Labute approximate surface area is 179 Å². The van der Waals surface area contributed by atoms with Crippen LogP contribution < -0.4 is 10.1 Å². The highest BCUT2D eigenvalue weighted by Crippen LogP contribution is 2.19. The van der Waals surface area contributed by atoms with E-state index >= 15 is 0 Å². The number of nitrogens with zero attached hydrogens (tertiary/aromatic N) is 3. The van der Waals surface area contributed by atoms with Crippen molar-refractivity contribution in [2.24, 2.45) is 0 Å². The molecule has 4 rings (SSSR count). The number of nitrogens with one attached hydrogen (secondary N) is 1. The van der Waals surface area contributed by atoms with Crippen molar-refractivity contribution in [1.29, 1.82) is 0 Å². The van der Waals surface area contributed by atoms with Crippen LogP contribution in [0.2, 0.25) is 5.02 Å². The quantitative estimate of drug-likeness (QED) is 0.464. The van der Waals surface area contributed by atoms with E-state index in [4.69, 9.17) is 16.3 Å². The Hall–Kier alpha value is -3.51. The minimum atomic E-state index is -0.240. The summed E-state index contributed by atoms with van der Waals surface area (Å²) < 4.78 is 9.24. The molecule has 0 spiro atoms. The van der Waals surface area contributed by atoms with Crippen molar-refractivity contribution in [3.05, 3.63) is 102 Å². The number of carbonyl (C=O) groups excluding carboxylic acids is 1. The molecule has 0 bridgehead atoms. The minimum Gasteiger partial charge on any atom is -0.471 e. The van der Waals surface area contributed by atoms with Crippen LogP contribution in [0.3, 0.4) is 0 Å². The van der Waals surface area contributed by atoms with Crippen LogP contribution in [0.1, 0.15) is 29.0 Å². The first-order valence-corrected chi connectivity index (χ1v) is 9.92. The molecular formula is C23H21ClN4O2. The summed E-state index contributed by atoms with van der Waals surface area (Å²) in [6, 6.07) is 20.6. The number of aromatic nitrogens is 3. The largest absolute Gasteiger partial charge is 0.471 e. The standard InChI is InChI=1S/C23H21ClN4O2/c1-17(18-6-4-8-20(14-18)27-11-2-3-12-27)25-23(29)22-10-13-28(26-22)16-30-21-9-5-7-19(24)15-21/h2-15,17H,16H2,1H3,(H,25,29). The molecule has 4 aromatic rings. The van der Waals surface area contributed by atoms with E-state index in [1.165, 1.54) is 0 Å². The summed E-state index contributed by atoms with van der Waals surface area (Å²) >= 11 is 5.95. The Kier molecular flexibility index (Phi) is 5.86. The molecule has 2 heterocycles. The van der Waals surface area contributed by atoms with Gasteiger partial charge in [-0.05, 0) is 61.0 Å². The first-order chi connectivity index (χ1) is 14.6. The van der Waals surface area contributed by atoms with Crippen LogP contribution in [0.5, 0.6) is 5.75 Å². The third kappa shape index (κ3) is 4.72. The lowest BCUT2D eigenvalue weighted by Gasteiger charge is -2.15. The van der Waals surface area contributed by atoms with E-state index in [-0.39, 0.29) is 18.7 Å². The van der Waals surface area contributed by atoms with Gasteiger partial charge in [0, 0.05) is 29.3 Å². The SMILES string of the molecule is CC(NC(=O)c1ccn(COc2cccc(Cl)c2)n1)c1cccc(-n2cccc2)c1. The summed E-state index contributed by atoms with van der Waals surface area (Å²) in [5.41, 5.74) is 2.39.